The second-order valence-electron chi connectivity index (χ2n) is 4.91. The van der Waals surface area contributed by atoms with Crippen LogP contribution < -0.4 is 4.72 Å². The van der Waals surface area contributed by atoms with E-state index >= 15 is 0 Å². The summed E-state index contributed by atoms with van der Waals surface area (Å²) in [6.07, 6.45) is 0.528. The van der Waals surface area contributed by atoms with Crippen molar-refractivity contribution in [2.75, 3.05) is 0 Å². The maximum atomic E-state index is 13.2. The predicted molar refractivity (Wildman–Crippen MR) is 75.6 cm³/mol. The zero-order valence-electron chi connectivity index (χ0n) is 11.5. The number of rotatable bonds is 5. The Hall–Kier alpha value is -0.650. The first kappa shape index (κ1) is 16.4. The molecule has 1 N–H and O–H groups in total. The standard InChI is InChI=1S/C13H19ClFNO2S/c1-8-5-12(15)6-9(2)13(8)19(17,18)16-11(4)7-10(3)14/h5-6,10-11,16H,7H2,1-4H3. The van der Waals surface area contributed by atoms with Gasteiger partial charge in [0.1, 0.15) is 5.82 Å². The fourth-order valence-electron chi connectivity index (χ4n) is 2.18. The number of hydrogen-bond donors (Lipinski definition) is 1. The molecule has 19 heavy (non-hydrogen) atoms. The Balaban J connectivity index is 3.08. The highest BCUT2D eigenvalue weighted by atomic mass is 35.5. The van der Waals surface area contributed by atoms with Crippen molar-refractivity contribution in [3.63, 3.8) is 0 Å². The molecule has 0 aliphatic heterocycles. The van der Waals surface area contributed by atoms with Gasteiger partial charge in [-0.25, -0.2) is 17.5 Å². The maximum Gasteiger partial charge on any atom is 0.241 e. The number of benzene rings is 1. The third-order valence-electron chi connectivity index (χ3n) is 2.73. The molecule has 0 saturated heterocycles. The molecule has 0 amide bonds. The lowest BCUT2D eigenvalue weighted by Gasteiger charge is -2.17. The Bertz CT molecular complexity index is 535. The Morgan fingerprint density at radius 3 is 2.16 bits per heavy atom. The Morgan fingerprint density at radius 1 is 1.26 bits per heavy atom. The third-order valence-corrected chi connectivity index (χ3v) is 4.80. The number of nitrogens with one attached hydrogen (secondary N) is 1. The van der Waals surface area contributed by atoms with Crippen molar-refractivity contribution < 1.29 is 12.8 Å². The molecule has 6 heteroatoms. The van der Waals surface area contributed by atoms with Crippen LogP contribution in [0.5, 0.6) is 0 Å². The van der Waals surface area contributed by atoms with Gasteiger partial charge in [-0.1, -0.05) is 0 Å². The zero-order valence-corrected chi connectivity index (χ0v) is 13.1. The summed E-state index contributed by atoms with van der Waals surface area (Å²) in [7, 11) is -3.66. The molecule has 1 aromatic rings. The molecule has 0 radical (unpaired) electrons. The number of hydrogen-bond acceptors (Lipinski definition) is 2. The Morgan fingerprint density at radius 2 is 1.74 bits per heavy atom. The van der Waals surface area contributed by atoms with Crippen LogP contribution in [0.1, 0.15) is 31.4 Å². The van der Waals surface area contributed by atoms with Crippen molar-refractivity contribution in [3.05, 3.63) is 29.1 Å². The van der Waals surface area contributed by atoms with Crippen molar-refractivity contribution in [2.45, 2.75) is 50.4 Å². The Kier molecular flexibility index (Phi) is 5.35. The minimum Gasteiger partial charge on any atom is -0.208 e. The van der Waals surface area contributed by atoms with E-state index in [1.54, 1.807) is 27.7 Å². The fourth-order valence-corrected chi connectivity index (χ4v) is 4.16. The average molecular weight is 308 g/mol. The summed E-state index contributed by atoms with van der Waals surface area (Å²) in [5, 5.41) is -0.117. The summed E-state index contributed by atoms with van der Waals surface area (Å²) in [6, 6.07) is 2.16. The lowest BCUT2D eigenvalue weighted by atomic mass is 10.1. The van der Waals surface area contributed by atoms with Crippen LogP contribution in [0.25, 0.3) is 0 Å². The molecule has 108 valence electrons. The van der Waals surface area contributed by atoms with Gasteiger partial charge in [0.25, 0.3) is 0 Å². The van der Waals surface area contributed by atoms with Crippen LogP contribution in [0.15, 0.2) is 17.0 Å². The van der Waals surface area contributed by atoms with Gasteiger partial charge in [0.05, 0.1) is 4.90 Å². The van der Waals surface area contributed by atoms with E-state index in [0.717, 1.165) is 0 Å². The number of aryl methyl sites for hydroxylation is 2. The summed E-state index contributed by atoms with van der Waals surface area (Å²) < 4.78 is 40.4. The minimum absolute atomic E-state index is 0.117. The summed E-state index contributed by atoms with van der Waals surface area (Å²) in [5.41, 5.74) is 0.798. The highest BCUT2D eigenvalue weighted by Gasteiger charge is 2.22. The molecule has 0 aliphatic rings. The van der Waals surface area contributed by atoms with Gasteiger partial charge in [-0.15, -0.1) is 11.6 Å². The van der Waals surface area contributed by atoms with E-state index in [1.807, 2.05) is 0 Å². The highest BCUT2D eigenvalue weighted by Crippen LogP contribution is 2.22. The van der Waals surface area contributed by atoms with Crippen molar-refractivity contribution in [1.29, 1.82) is 0 Å². The van der Waals surface area contributed by atoms with Gasteiger partial charge in [-0.2, -0.15) is 0 Å². The summed E-state index contributed by atoms with van der Waals surface area (Å²) >= 11 is 5.85. The highest BCUT2D eigenvalue weighted by molar-refractivity contribution is 7.89. The monoisotopic (exact) mass is 307 g/mol. The minimum atomic E-state index is -3.66. The number of halogens is 2. The molecule has 1 rings (SSSR count). The topological polar surface area (TPSA) is 46.2 Å². The lowest BCUT2D eigenvalue weighted by molar-refractivity contribution is 0.544. The first-order valence-corrected chi connectivity index (χ1v) is 7.98. The molecule has 0 aromatic heterocycles. The van der Waals surface area contributed by atoms with Crippen molar-refractivity contribution >= 4 is 21.6 Å². The molecule has 2 atom stereocenters. The smallest absolute Gasteiger partial charge is 0.208 e. The molecular weight excluding hydrogens is 289 g/mol. The molecule has 1 aromatic carbocycles. The van der Waals surface area contributed by atoms with Gasteiger partial charge in [0.15, 0.2) is 0 Å². The van der Waals surface area contributed by atoms with Crippen LogP contribution in [0.3, 0.4) is 0 Å². The van der Waals surface area contributed by atoms with Crippen LogP contribution >= 0.6 is 11.6 Å². The number of sulfonamides is 1. The van der Waals surface area contributed by atoms with E-state index in [9.17, 15) is 12.8 Å². The van der Waals surface area contributed by atoms with Crippen LogP contribution in [-0.4, -0.2) is 19.8 Å². The van der Waals surface area contributed by atoms with E-state index in [-0.39, 0.29) is 16.3 Å². The SMILES string of the molecule is Cc1cc(F)cc(C)c1S(=O)(=O)NC(C)CC(C)Cl. The van der Waals surface area contributed by atoms with Crippen LogP contribution in [0.4, 0.5) is 4.39 Å². The second kappa shape index (κ2) is 6.20. The van der Waals surface area contributed by atoms with E-state index in [0.29, 0.717) is 17.5 Å². The molecule has 0 heterocycles. The summed E-state index contributed by atoms with van der Waals surface area (Å²) in [5.74, 6) is -0.434. The van der Waals surface area contributed by atoms with Gasteiger partial charge in [0, 0.05) is 11.4 Å². The van der Waals surface area contributed by atoms with Gasteiger partial charge >= 0.3 is 0 Å². The largest absolute Gasteiger partial charge is 0.241 e. The zero-order chi connectivity index (χ0) is 14.8. The molecule has 0 bridgehead atoms. The first-order valence-electron chi connectivity index (χ1n) is 6.06. The molecule has 0 aliphatic carbocycles. The van der Waals surface area contributed by atoms with Gasteiger partial charge in [0.2, 0.25) is 10.0 Å². The molecular formula is C13H19ClFNO2S. The predicted octanol–water partition coefficient (Wildman–Crippen LogP) is 3.13. The molecule has 0 saturated carbocycles. The van der Waals surface area contributed by atoms with E-state index < -0.39 is 15.8 Å². The van der Waals surface area contributed by atoms with E-state index in [4.69, 9.17) is 11.6 Å². The van der Waals surface area contributed by atoms with Crippen molar-refractivity contribution in [1.82, 2.24) is 4.72 Å². The number of alkyl halides is 1. The molecule has 0 fully saturated rings. The second-order valence-corrected chi connectivity index (χ2v) is 7.30. The van der Waals surface area contributed by atoms with Crippen LogP contribution in [-0.2, 0) is 10.0 Å². The van der Waals surface area contributed by atoms with Crippen LogP contribution in [0.2, 0.25) is 0 Å². The normalized spacial score (nSPS) is 15.3. The van der Waals surface area contributed by atoms with Gasteiger partial charge in [-0.05, 0) is 57.4 Å². The molecule has 0 spiro atoms. The van der Waals surface area contributed by atoms with E-state index in [1.165, 1.54) is 12.1 Å². The first-order chi connectivity index (χ1) is 8.63. The average Bonchev–Trinajstić information content (AvgIpc) is 2.10. The molecule has 2 unspecified atom stereocenters. The molecule has 3 nitrogen and oxygen atoms in total. The summed E-state index contributed by atoms with van der Waals surface area (Å²) in [6.45, 7) is 6.73. The lowest BCUT2D eigenvalue weighted by Crippen LogP contribution is -2.34. The maximum absolute atomic E-state index is 13.2. The fraction of sp³-hybridized carbons (Fsp3) is 0.538. The third kappa shape index (κ3) is 4.44. The van der Waals surface area contributed by atoms with E-state index in [2.05, 4.69) is 4.72 Å². The Labute approximate surface area is 119 Å². The van der Waals surface area contributed by atoms with Crippen molar-refractivity contribution in [3.8, 4) is 0 Å². The van der Waals surface area contributed by atoms with Gasteiger partial charge < -0.3 is 0 Å². The van der Waals surface area contributed by atoms with Gasteiger partial charge in [-0.3, -0.25) is 0 Å². The summed E-state index contributed by atoms with van der Waals surface area (Å²) in [4.78, 5) is 0.142. The quantitative estimate of drug-likeness (QED) is 0.850. The van der Waals surface area contributed by atoms with Crippen LogP contribution in [0, 0.1) is 19.7 Å². The van der Waals surface area contributed by atoms with Crippen molar-refractivity contribution in [2.24, 2.45) is 0 Å².